The molecule has 32 heavy (non-hydrogen) atoms. The summed E-state index contributed by atoms with van der Waals surface area (Å²) in [6.07, 6.45) is 12.8. The molecule has 0 aliphatic rings. The molecule has 0 fully saturated rings. The van der Waals surface area contributed by atoms with E-state index in [1.54, 1.807) is 0 Å². The number of aliphatic hydroxyl groups excluding tert-OH is 1. The molecular weight excluding hydrogens is 392 g/mol. The molecule has 0 saturated heterocycles. The Balaban J connectivity index is 2.70. The van der Waals surface area contributed by atoms with Gasteiger partial charge in [-0.2, -0.15) is 0 Å². The third-order valence-corrected chi connectivity index (χ3v) is 5.17. The normalized spacial score (nSPS) is 10.9. The van der Waals surface area contributed by atoms with E-state index in [9.17, 15) is 5.11 Å². The van der Waals surface area contributed by atoms with E-state index in [1.807, 2.05) is 18.2 Å². The zero-order valence-corrected chi connectivity index (χ0v) is 20.6. The van der Waals surface area contributed by atoms with Crippen LogP contribution in [0.15, 0.2) is 18.2 Å². The van der Waals surface area contributed by atoms with E-state index in [2.05, 4.69) is 56.3 Å². The predicted molar refractivity (Wildman–Crippen MR) is 136 cm³/mol. The van der Waals surface area contributed by atoms with Gasteiger partial charge in [-0.1, -0.05) is 95.3 Å². The molecule has 0 saturated carbocycles. The molecule has 0 aliphatic heterocycles. The summed E-state index contributed by atoms with van der Waals surface area (Å²) in [6.45, 7) is 7.74. The van der Waals surface area contributed by atoms with Crippen LogP contribution in [0.3, 0.4) is 0 Å². The molecule has 0 heterocycles. The van der Waals surface area contributed by atoms with Crippen LogP contribution in [0.5, 0.6) is 0 Å². The van der Waals surface area contributed by atoms with Crippen LogP contribution in [0.1, 0.15) is 121 Å². The van der Waals surface area contributed by atoms with Crippen molar-refractivity contribution < 1.29 is 9.84 Å². The van der Waals surface area contributed by atoms with Gasteiger partial charge in [-0.15, -0.1) is 5.92 Å². The minimum Gasteiger partial charge on any atom is -0.376 e. The van der Waals surface area contributed by atoms with Crippen LogP contribution in [-0.2, 0) is 4.74 Å². The third-order valence-electron chi connectivity index (χ3n) is 5.17. The molecule has 0 aliphatic carbocycles. The van der Waals surface area contributed by atoms with E-state index in [-0.39, 0.29) is 0 Å². The van der Waals surface area contributed by atoms with Crippen molar-refractivity contribution >= 4 is 0 Å². The molecule has 1 atom stereocenters. The number of ether oxygens (including phenoxy) is 1. The molecule has 1 aromatic carbocycles. The van der Waals surface area contributed by atoms with Crippen molar-refractivity contribution in [2.24, 2.45) is 0 Å². The highest BCUT2D eigenvalue weighted by atomic mass is 16.5. The van der Waals surface area contributed by atoms with Crippen LogP contribution in [0.4, 0.5) is 0 Å². The Morgan fingerprint density at radius 1 is 0.781 bits per heavy atom. The topological polar surface area (TPSA) is 29.5 Å². The number of benzene rings is 1. The summed E-state index contributed by atoms with van der Waals surface area (Å²) in [7, 11) is 0. The molecule has 0 amide bonds. The molecule has 0 bridgehead atoms. The Kier molecular flexibility index (Phi) is 17.0. The van der Waals surface area contributed by atoms with Crippen molar-refractivity contribution in [3.8, 4) is 35.5 Å². The molecular formula is C30H42O2. The molecule has 2 nitrogen and oxygen atoms in total. The van der Waals surface area contributed by atoms with Crippen LogP contribution >= 0.6 is 0 Å². The zero-order valence-electron chi connectivity index (χ0n) is 20.6. The molecule has 1 N–H and O–H groups in total. The molecule has 1 unspecified atom stereocenters. The van der Waals surface area contributed by atoms with Gasteiger partial charge in [-0.3, -0.25) is 0 Å². The number of hydrogen-bond donors (Lipinski definition) is 1. The standard InChI is InChI=1S/C30H42O2/c1-4-7-10-13-14-17-24-32-25-18-19-27-22-23-28(20-15-11-8-5-2)29(26-27)30(31)21-16-12-9-6-3/h22-23,26,30-31H,4-14,17,24-25H2,1-3H3. The van der Waals surface area contributed by atoms with Crippen molar-refractivity contribution in [2.75, 3.05) is 13.2 Å². The first kappa shape index (κ1) is 27.9. The van der Waals surface area contributed by atoms with E-state index in [1.165, 1.54) is 32.1 Å². The van der Waals surface area contributed by atoms with E-state index < -0.39 is 6.10 Å². The van der Waals surface area contributed by atoms with Crippen molar-refractivity contribution in [3.63, 3.8) is 0 Å². The summed E-state index contributed by atoms with van der Waals surface area (Å²) in [5.41, 5.74) is 2.44. The highest BCUT2D eigenvalue weighted by Crippen LogP contribution is 2.19. The highest BCUT2D eigenvalue weighted by molar-refractivity contribution is 5.50. The van der Waals surface area contributed by atoms with Crippen molar-refractivity contribution in [3.05, 3.63) is 34.9 Å². The van der Waals surface area contributed by atoms with Gasteiger partial charge in [0.05, 0.1) is 0 Å². The van der Waals surface area contributed by atoms with Crippen molar-refractivity contribution in [2.45, 2.75) is 104 Å². The summed E-state index contributed by atoms with van der Waals surface area (Å²) >= 11 is 0. The Labute approximate surface area is 197 Å². The quantitative estimate of drug-likeness (QED) is 0.263. The zero-order chi connectivity index (χ0) is 23.3. The Hall–Kier alpha value is -2.18. The fourth-order valence-electron chi connectivity index (χ4n) is 3.16. The smallest absolute Gasteiger partial charge is 0.141 e. The summed E-state index contributed by atoms with van der Waals surface area (Å²) in [6, 6.07) is 5.83. The monoisotopic (exact) mass is 434 g/mol. The van der Waals surface area contributed by atoms with Gasteiger partial charge in [0.1, 0.15) is 12.7 Å². The van der Waals surface area contributed by atoms with E-state index in [0.717, 1.165) is 68.2 Å². The molecule has 174 valence electrons. The molecule has 1 rings (SSSR count). The SMILES string of the molecule is CCCCC#Cc1ccc(C#CCOCCCCCCCC)cc1C(O)C#CCCCC. The minimum absolute atomic E-state index is 0.433. The maximum Gasteiger partial charge on any atom is 0.141 e. The Morgan fingerprint density at radius 2 is 1.47 bits per heavy atom. The second-order valence-electron chi connectivity index (χ2n) is 8.16. The van der Waals surface area contributed by atoms with Crippen molar-refractivity contribution in [1.82, 2.24) is 0 Å². The van der Waals surface area contributed by atoms with Gasteiger partial charge >= 0.3 is 0 Å². The second-order valence-corrected chi connectivity index (χ2v) is 8.16. The summed E-state index contributed by atoms with van der Waals surface area (Å²) < 4.78 is 5.65. The number of rotatable bonds is 13. The van der Waals surface area contributed by atoms with E-state index in [4.69, 9.17) is 4.74 Å². The van der Waals surface area contributed by atoms with E-state index >= 15 is 0 Å². The van der Waals surface area contributed by atoms with Crippen LogP contribution in [-0.4, -0.2) is 18.3 Å². The first-order valence-electron chi connectivity index (χ1n) is 12.6. The summed E-state index contributed by atoms with van der Waals surface area (Å²) in [5, 5.41) is 10.7. The van der Waals surface area contributed by atoms with Gasteiger partial charge in [0.25, 0.3) is 0 Å². The van der Waals surface area contributed by atoms with Gasteiger partial charge in [-0.05, 0) is 37.5 Å². The maximum atomic E-state index is 10.7. The van der Waals surface area contributed by atoms with Crippen LogP contribution in [0.2, 0.25) is 0 Å². The van der Waals surface area contributed by atoms with Crippen LogP contribution in [0.25, 0.3) is 0 Å². The average molecular weight is 435 g/mol. The molecule has 0 aromatic heterocycles. The molecule has 2 heteroatoms. The lowest BCUT2D eigenvalue weighted by Crippen LogP contribution is -1.99. The number of unbranched alkanes of at least 4 members (excludes halogenated alkanes) is 9. The molecule has 0 spiro atoms. The molecule has 0 radical (unpaired) electrons. The number of aliphatic hydroxyl groups is 1. The van der Waals surface area contributed by atoms with Gasteiger partial charge in [-0.25, -0.2) is 0 Å². The van der Waals surface area contributed by atoms with Crippen molar-refractivity contribution in [1.29, 1.82) is 0 Å². The van der Waals surface area contributed by atoms with Gasteiger partial charge in [0.15, 0.2) is 0 Å². The summed E-state index contributed by atoms with van der Waals surface area (Å²) in [5.74, 6) is 18.7. The second kappa shape index (κ2) is 19.5. The lowest BCUT2D eigenvalue weighted by atomic mass is 9.99. The average Bonchev–Trinajstić information content (AvgIpc) is 2.81. The minimum atomic E-state index is -0.840. The molecule has 1 aromatic rings. The Morgan fingerprint density at radius 3 is 2.22 bits per heavy atom. The first-order valence-corrected chi connectivity index (χ1v) is 12.6. The highest BCUT2D eigenvalue weighted by Gasteiger charge is 2.09. The number of hydrogen-bond acceptors (Lipinski definition) is 2. The largest absolute Gasteiger partial charge is 0.376 e. The van der Waals surface area contributed by atoms with Gasteiger partial charge in [0.2, 0.25) is 0 Å². The lowest BCUT2D eigenvalue weighted by molar-refractivity contribution is 0.161. The Bertz CT molecular complexity index is 804. The van der Waals surface area contributed by atoms with Crippen LogP contribution in [0, 0.1) is 35.5 Å². The third kappa shape index (κ3) is 13.3. The first-order chi connectivity index (χ1) is 15.7. The fourth-order valence-corrected chi connectivity index (χ4v) is 3.16. The van der Waals surface area contributed by atoms with Gasteiger partial charge in [0, 0.05) is 36.1 Å². The van der Waals surface area contributed by atoms with Crippen LogP contribution < -0.4 is 0 Å². The van der Waals surface area contributed by atoms with E-state index in [0.29, 0.717) is 6.61 Å². The fraction of sp³-hybridized carbons (Fsp3) is 0.600. The summed E-state index contributed by atoms with van der Waals surface area (Å²) in [4.78, 5) is 0. The van der Waals surface area contributed by atoms with Gasteiger partial charge < -0.3 is 9.84 Å². The lowest BCUT2D eigenvalue weighted by Gasteiger charge is -2.08. The predicted octanol–water partition coefficient (Wildman–Crippen LogP) is 7.18. The maximum absolute atomic E-state index is 10.7.